The summed E-state index contributed by atoms with van der Waals surface area (Å²) in [6.07, 6.45) is 10.7. The molecule has 1 aliphatic rings. The smallest absolute Gasteiger partial charge is 0.0196 e. The van der Waals surface area contributed by atoms with Crippen molar-refractivity contribution in [2.45, 2.75) is 47.0 Å². The summed E-state index contributed by atoms with van der Waals surface area (Å²) in [6.45, 7) is 8.54. The maximum absolute atomic E-state index is 2.37. The summed E-state index contributed by atoms with van der Waals surface area (Å²) in [4.78, 5) is 0. The Bertz CT molecular complexity index is 151. The third-order valence-corrected chi connectivity index (χ3v) is 2.21. The minimum absolute atomic E-state index is 0.761. The van der Waals surface area contributed by atoms with E-state index < -0.39 is 0 Å². The van der Waals surface area contributed by atoms with E-state index in [4.69, 9.17) is 0 Å². The van der Waals surface area contributed by atoms with Crippen molar-refractivity contribution in [3.63, 3.8) is 0 Å². The molecule has 0 heterocycles. The molecule has 0 saturated carbocycles. The van der Waals surface area contributed by atoms with Gasteiger partial charge in [-0.1, -0.05) is 45.9 Å². The lowest BCUT2D eigenvalue weighted by Gasteiger charge is -2.12. The molecule has 1 atom stereocenters. The van der Waals surface area contributed by atoms with E-state index in [0.29, 0.717) is 0 Å². The molecule has 0 aromatic rings. The monoisotopic (exact) mass is 166 g/mol. The maximum atomic E-state index is 2.37. The molecule has 0 nitrogen and oxygen atoms in total. The first-order valence-electron chi connectivity index (χ1n) is 5.21. The molecule has 0 heteroatoms. The molecule has 0 saturated heterocycles. The van der Waals surface area contributed by atoms with Crippen molar-refractivity contribution in [3.05, 3.63) is 23.8 Å². The lowest BCUT2D eigenvalue weighted by atomic mass is 9.94. The van der Waals surface area contributed by atoms with E-state index in [1.807, 2.05) is 13.8 Å². The van der Waals surface area contributed by atoms with Crippen LogP contribution in [0, 0.1) is 5.92 Å². The first kappa shape index (κ1) is 11.5. The minimum atomic E-state index is 0.761. The summed E-state index contributed by atoms with van der Waals surface area (Å²) in [5.41, 5.74) is 1.54. The predicted octanol–water partition coefficient (Wildman–Crippen LogP) is 4.34. The first-order chi connectivity index (χ1) is 5.84. The maximum Gasteiger partial charge on any atom is -0.0196 e. The third kappa shape index (κ3) is 3.75. The fraction of sp³-hybridized carbons (Fsp3) is 0.667. The third-order valence-electron chi connectivity index (χ3n) is 2.21. The normalized spacial score (nSPS) is 17.5. The summed E-state index contributed by atoms with van der Waals surface area (Å²) in [5.74, 6) is 0.761. The minimum Gasteiger partial charge on any atom is -0.0840 e. The van der Waals surface area contributed by atoms with Crippen molar-refractivity contribution < 1.29 is 0 Å². The zero-order valence-electron chi connectivity index (χ0n) is 8.93. The lowest BCUT2D eigenvalue weighted by Crippen LogP contribution is -1.96. The van der Waals surface area contributed by atoms with Crippen molar-refractivity contribution in [3.8, 4) is 0 Å². The highest BCUT2D eigenvalue weighted by atomic mass is 14.1. The molecule has 12 heavy (non-hydrogen) atoms. The van der Waals surface area contributed by atoms with Crippen molar-refractivity contribution in [1.29, 1.82) is 0 Å². The second kappa shape index (κ2) is 7.15. The molecule has 0 aromatic carbocycles. The summed E-state index contributed by atoms with van der Waals surface area (Å²) in [6, 6.07) is 0. The average molecular weight is 166 g/mol. The Morgan fingerprint density at radius 1 is 1.33 bits per heavy atom. The second-order valence-corrected chi connectivity index (χ2v) is 2.99. The Morgan fingerprint density at radius 3 is 2.42 bits per heavy atom. The molecule has 0 spiro atoms. The number of hydrogen-bond acceptors (Lipinski definition) is 0. The van der Waals surface area contributed by atoms with Gasteiger partial charge in [0.15, 0.2) is 0 Å². The summed E-state index contributed by atoms with van der Waals surface area (Å²) >= 11 is 0. The van der Waals surface area contributed by atoms with Crippen molar-refractivity contribution in [2.75, 3.05) is 0 Å². The highest BCUT2D eigenvalue weighted by Gasteiger charge is 2.03. The van der Waals surface area contributed by atoms with Gasteiger partial charge in [0.25, 0.3) is 0 Å². The molecule has 0 fully saturated rings. The fourth-order valence-corrected chi connectivity index (χ4v) is 1.23. The zero-order chi connectivity index (χ0) is 9.40. The SMILES string of the molecule is CC.CCC(C)C1=CCCC=C1. The molecular formula is C12H22. The van der Waals surface area contributed by atoms with Crippen LogP contribution in [0.25, 0.3) is 0 Å². The Balaban J connectivity index is 0.000000561. The quantitative estimate of drug-likeness (QED) is 0.572. The lowest BCUT2D eigenvalue weighted by molar-refractivity contribution is 0.662. The van der Waals surface area contributed by atoms with Gasteiger partial charge in [-0.15, -0.1) is 0 Å². The molecule has 0 N–H and O–H groups in total. The number of rotatable bonds is 2. The van der Waals surface area contributed by atoms with Crippen LogP contribution in [-0.2, 0) is 0 Å². The van der Waals surface area contributed by atoms with Gasteiger partial charge in [0.2, 0.25) is 0 Å². The van der Waals surface area contributed by atoms with Crippen LogP contribution in [0.15, 0.2) is 23.8 Å². The van der Waals surface area contributed by atoms with Crippen LogP contribution < -0.4 is 0 Å². The molecule has 0 bridgehead atoms. The van der Waals surface area contributed by atoms with E-state index >= 15 is 0 Å². The molecule has 0 amide bonds. The van der Waals surface area contributed by atoms with Gasteiger partial charge in [-0.25, -0.2) is 0 Å². The van der Waals surface area contributed by atoms with Crippen molar-refractivity contribution in [1.82, 2.24) is 0 Å². The molecule has 1 unspecified atom stereocenters. The highest BCUT2D eigenvalue weighted by molar-refractivity contribution is 5.23. The molecule has 1 aliphatic carbocycles. The topological polar surface area (TPSA) is 0 Å². The van der Waals surface area contributed by atoms with Crippen molar-refractivity contribution in [2.24, 2.45) is 5.92 Å². The van der Waals surface area contributed by atoms with E-state index in [2.05, 4.69) is 32.1 Å². The number of hydrogen-bond donors (Lipinski definition) is 0. The molecular weight excluding hydrogens is 144 g/mol. The largest absolute Gasteiger partial charge is 0.0840 e. The van der Waals surface area contributed by atoms with E-state index in [9.17, 15) is 0 Å². The summed E-state index contributed by atoms with van der Waals surface area (Å²) in [5, 5.41) is 0. The Kier molecular flexibility index (Phi) is 6.84. The van der Waals surface area contributed by atoms with Crippen LogP contribution in [0.2, 0.25) is 0 Å². The van der Waals surface area contributed by atoms with Crippen LogP contribution in [0.3, 0.4) is 0 Å². The van der Waals surface area contributed by atoms with Gasteiger partial charge in [-0.3, -0.25) is 0 Å². The second-order valence-electron chi connectivity index (χ2n) is 2.99. The van der Waals surface area contributed by atoms with Crippen LogP contribution in [0.1, 0.15) is 47.0 Å². The van der Waals surface area contributed by atoms with Crippen LogP contribution in [0.4, 0.5) is 0 Å². The Labute approximate surface area is 77.4 Å². The van der Waals surface area contributed by atoms with Gasteiger partial charge in [-0.05, 0) is 30.8 Å². The van der Waals surface area contributed by atoms with E-state index in [0.717, 1.165) is 5.92 Å². The number of allylic oxidation sites excluding steroid dienone is 4. The molecule has 0 aliphatic heterocycles. The molecule has 1 rings (SSSR count). The molecule has 70 valence electrons. The van der Waals surface area contributed by atoms with Gasteiger partial charge in [0, 0.05) is 0 Å². The van der Waals surface area contributed by atoms with Gasteiger partial charge < -0.3 is 0 Å². The van der Waals surface area contributed by atoms with Crippen LogP contribution in [-0.4, -0.2) is 0 Å². The van der Waals surface area contributed by atoms with Crippen LogP contribution in [0.5, 0.6) is 0 Å². The van der Waals surface area contributed by atoms with Gasteiger partial charge in [-0.2, -0.15) is 0 Å². The Morgan fingerprint density at radius 2 is 2.00 bits per heavy atom. The fourth-order valence-electron chi connectivity index (χ4n) is 1.23. The summed E-state index contributed by atoms with van der Waals surface area (Å²) < 4.78 is 0. The Hall–Kier alpha value is -0.520. The van der Waals surface area contributed by atoms with E-state index in [-0.39, 0.29) is 0 Å². The molecule has 0 radical (unpaired) electrons. The van der Waals surface area contributed by atoms with Gasteiger partial charge >= 0.3 is 0 Å². The molecule has 0 aromatic heterocycles. The van der Waals surface area contributed by atoms with Gasteiger partial charge in [0.1, 0.15) is 0 Å². The van der Waals surface area contributed by atoms with Crippen molar-refractivity contribution >= 4 is 0 Å². The first-order valence-corrected chi connectivity index (χ1v) is 5.21. The zero-order valence-corrected chi connectivity index (χ0v) is 8.93. The average Bonchev–Trinajstić information content (AvgIpc) is 2.21. The summed E-state index contributed by atoms with van der Waals surface area (Å²) in [7, 11) is 0. The highest BCUT2D eigenvalue weighted by Crippen LogP contribution is 2.20. The van der Waals surface area contributed by atoms with E-state index in [1.165, 1.54) is 24.8 Å². The van der Waals surface area contributed by atoms with Crippen LogP contribution >= 0.6 is 0 Å². The predicted molar refractivity (Wildman–Crippen MR) is 57.3 cm³/mol. The van der Waals surface area contributed by atoms with E-state index in [1.54, 1.807) is 0 Å². The standard InChI is InChI=1S/C10H16.C2H6/c1-3-9(2)10-7-5-4-6-8-10;1-2/h5,7-9H,3-4,6H2,1-2H3;1-2H3. The van der Waals surface area contributed by atoms with Gasteiger partial charge in [0.05, 0.1) is 0 Å².